The fourth-order valence-corrected chi connectivity index (χ4v) is 4.01. The van der Waals surface area contributed by atoms with Crippen molar-refractivity contribution in [2.45, 2.75) is 6.92 Å². The van der Waals surface area contributed by atoms with E-state index in [4.69, 9.17) is 4.74 Å². The highest BCUT2D eigenvalue weighted by Gasteiger charge is 2.20. The Balaban J connectivity index is 1.75. The first-order valence-corrected chi connectivity index (χ1v) is 10.6. The summed E-state index contributed by atoms with van der Waals surface area (Å²) in [5.41, 5.74) is 4.51. The van der Waals surface area contributed by atoms with Gasteiger partial charge in [-0.1, -0.05) is 18.2 Å². The molecule has 0 aliphatic rings. The summed E-state index contributed by atoms with van der Waals surface area (Å²) < 4.78 is 34.7. The highest BCUT2D eigenvalue weighted by atomic mass is 19.1. The Morgan fingerprint density at radius 1 is 0.853 bits per heavy atom. The summed E-state index contributed by atoms with van der Waals surface area (Å²) in [4.78, 5) is 13.5. The molecule has 0 radical (unpaired) electrons. The van der Waals surface area contributed by atoms with Crippen molar-refractivity contribution >= 4 is 22.3 Å². The first-order valence-electron chi connectivity index (χ1n) is 10.6. The number of benzene rings is 2. The Bertz CT molecular complexity index is 1510. The highest BCUT2D eigenvalue weighted by molar-refractivity contribution is 5.99. The lowest BCUT2D eigenvalue weighted by Crippen LogP contribution is -2.04. The lowest BCUT2D eigenvalue weighted by molar-refractivity contribution is 0.416. The van der Waals surface area contributed by atoms with Gasteiger partial charge in [0.05, 0.1) is 46.5 Å². The second-order valence-corrected chi connectivity index (χ2v) is 7.68. The molecule has 0 saturated heterocycles. The van der Waals surface area contributed by atoms with Crippen molar-refractivity contribution in [3.63, 3.8) is 0 Å². The molecular weight excluding hydrogens is 434 g/mol. The summed E-state index contributed by atoms with van der Waals surface area (Å²) in [5, 5.41) is 3.54. The van der Waals surface area contributed by atoms with E-state index in [1.807, 2.05) is 49.4 Å². The van der Waals surface area contributed by atoms with E-state index < -0.39 is 11.6 Å². The van der Waals surface area contributed by atoms with Crippen molar-refractivity contribution in [1.29, 1.82) is 0 Å². The van der Waals surface area contributed by atoms with E-state index in [0.717, 1.165) is 11.6 Å². The molecule has 0 aliphatic carbocycles. The fourth-order valence-electron chi connectivity index (χ4n) is 4.01. The van der Waals surface area contributed by atoms with Crippen LogP contribution in [0.1, 0.15) is 5.56 Å². The zero-order valence-electron chi connectivity index (χ0n) is 18.5. The monoisotopic (exact) mass is 454 g/mol. The maximum absolute atomic E-state index is 15.1. The van der Waals surface area contributed by atoms with Crippen molar-refractivity contribution in [2.75, 3.05) is 12.4 Å². The van der Waals surface area contributed by atoms with Gasteiger partial charge in [-0.05, 0) is 43.3 Å². The van der Waals surface area contributed by atoms with E-state index >= 15 is 4.39 Å². The molecule has 3 aromatic heterocycles. The predicted octanol–water partition coefficient (Wildman–Crippen LogP) is 6.70. The maximum atomic E-state index is 15.1. The molecule has 0 aliphatic heterocycles. The summed E-state index contributed by atoms with van der Waals surface area (Å²) in [7, 11) is 1.60. The van der Waals surface area contributed by atoms with Gasteiger partial charge in [-0.2, -0.15) is 0 Å². The van der Waals surface area contributed by atoms with Crippen LogP contribution in [0.2, 0.25) is 0 Å². The van der Waals surface area contributed by atoms with Gasteiger partial charge in [0.2, 0.25) is 0 Å². The third-order valence-electron chi connectivity index (χ3n) is 5.58. The van der Waals surface area contributed by atoms with Crippen LogP contribution in [0.4, 0.5) is 20.2 Å². The molecule has 0 unspecified atom stereocenters. The number of aromatic nitrogens is 3. The van der Waals surface area contributed by atoms with E-state index in [1.165, 1.54) is 6.07 Å². The SMILES string of the molecule is COc1ccccc1-c1ncccc1Nc1c(C)c(-c2ccccn2)nc2cc(F)cc(F)c12. The molecule has 5 rings (SSSR count). The minimum atomic E-state index is -0.705. The number of pyridine rings is 3. The molecule has 2 aromatic carbocycles. The van der Waals surface area contributed by atoms with E-state index in [2.05, 4.69) is 20.3 Å². The Labute approximate surface area is 195 Å². The van der Waals surface area contributed by atoms with Crippen molar-refractivity contribution < 1.29 is 13.5 Å². The van der Waals surface area contributed by atoms with E-state index in [9.17, 15) is 4.39 Å². The summed E-state index contributed by atoms with van der Waals surface area (Å²) >= 11 is 0. The quantitative estimate of drug-likeness (QED) is 0.320. The van der Waals surface area contributed by atoms with Crippen LogP contribution < -0.4 is 10.1 Å². The number of rotatable bonds is 5. The minimum absolute atomic E-state index is 0.188. The average molecular weight is 454 g/mol. The normalized spacial score (nSPS) is 10.9. The molecule has 0 amide bonds. The number of hydrogen-bond acceptors (Lipinski definition) is 5. The van der Waals surface area contributed by atoms with Gasteiger partial charge in [-0.15, -0.1) is 0 Å². The van der Waals surface area contributed by atoms with Crippen LogP contribution in [0, 0.1) is 18.6 Å². The van der Waals surface area contributed by atoms with Gasteiger partial charge in [0.15, 0.2) is 0 Å². The van der Waals surface area contributed by atoms with Crippen LogP contribution in [0.15, 0.2) is 79.1 Å². The third-order valence-corrected chi connectivity index (χ3v) is 5.58. The summed E-state index contributed by atoms with van der Waals surface area (Å²) in [6.45, 7) is 1.83. The van der Waals surface area contributed by atoms with E-state index in [0.29, 0.717) is 39.8 Å². The maximum Gasteiger partial charge on any atom is 0.137 e. The number of hydrogen-bond donors (Lipinski definition) is 1. The molecule has 0 saturated carbocycles. The number of nitrogens with zero attached hydrogens (tertiary/aromatic N) is 3. The summed E-state index contributed by atoms with van der Waals surface area (Å²) in [5.74, 6) is -0.748. The van der Waals surface area contributed by atoms with Gasteiger partial charge in [0.25, 0.3) is 0 Å². The number of nitrogens with one attached hydrogen (secondary N) is 1. The number of methoxy groups -OCH3 is 1. The fraction of sp³-hybridized carbons (Fsp3) is 0.0741. The molecular formula is C27H20F2N4O. The van der Waals surface area contributed by atoms with Gasteiger partial charge in [0, 0.05) is 35.7 Å². The molecule has 7 heteroatoms. The molecule has 3 heterocycles. The Hall–Kier alpha value is -4.39. The second-order valence-electron chi connectivity index (χ2n) is 7.68. The van der Waals surface area contributed by atoms with E-state index in [1.54, 1.807) is 31.6 Å². The first-order chi connectivity index (χ1) is 16.6. The van der Waals surface area contributed by atoms with Crippen LogP contribution in [0.3, 0.4) is 0 Å². The molecule has 0 bridgehead atoms. The largest absolute Gasteiger partial charge is 0.496 e. The molecule has 34 heavy (non-hydrogen) atoms. The summed E-state index contributed by atoms with van der Waals surface area (Å²) in [6, 6.07) is 18.7. The Kier molecular flexibility index (Phi) is 5.59. The molecule has 0 spiro atoms. The van der Waals surface area contributed by atoms with Gasteiger partial charge >= 0.3 is 0 Å². The Morgan fingerprint density at radius 3 is 2.44 bits per heavy atom. The summed E-state index contributed by atoms with van der Waals surface area (Å²) in [6.07, 6.45) is 3.33. The minimum Gasteiger partial charge on any atom is -0.496 e. The van der Waals surface area contributed by atoms with Crippen molar-refractivity contribution in [3.05, 3.63) is 96.3 Å². The third kappa shape index (κ3) is 3.81. The number of anilines is 2. The van der Waals surface area contributed by atoms with Gasteiger partial charge in [-0.25, -0.2) is 13.8 Å². The van der Waals surface area contributed by atoms with Crippen LogP contribution in [0.5, 0.6) is 5.75 Å². The van der Waals surface area contributed by atoms with Crippen LogP contribution in [-0.2, 0) is 0 Å². The van der Waals surface area contributed by atoms with Crippen molar-refractivity contribution in [1.82, 2.24) is 15.0 Å². The number of ether oxygens (including phenoxy) is 1. The second kappa shape index (κ2) is 8.86. The van der Waals surface area contributed by atoms with Crippen molar-refractivity contribution in [2.24, 2.45) is 0 Å². The van der Waals surface area contributed by atoms with E-state index in [-0.39, 0.29) is 10.9 Å². The predicted molar refractivity (Wildman–Crippen MR) is 129 cm³/mol. The smallest absolute Gasteiger partial charge is 0.137 e. The molecule has 168 valence electrons. The molecule has 0 atom stereocenters. The van der Waals surface area contributed by atoms with Gasteiger partial charge < -0.3 is 10.1 Å². The molecule has 5 aromatic rings. The highest BCUT2D eigenvalue weighted by Crippen LogP contribution is 2.39. The van der Waals surface area contributed by atoms with Crippen LogP contribution in [0.25, 0.3) is 33.5 Å². The van der Waals surface area contributed by atoms with Crippen LogP contribution in [-0.4, -0.2) is 22.1 Å². The zero-order chi connectivity index (χ0) is 23.7. The standard InChI is InChI=1S/C27H20F2N4O/c1-16-25(20-9-5-6-12-30-20)33-22-15-17(28)14-19(29)24(22)26(16)32-21-10-7-13-31-27(21)18-8-3-4-11-23(18)34-2/h3-15H,1-2H3,(H,32,33). The van der Waals surface area contributed by atoms with Gasteiger partial charge in [0.1, 0.15) is 17.4 Å². The number of para-hydroxylation sites is 1. The molecule has 5 nitrogen and oxygen atoms in total. The lowest BCUT2D eigenvalue weighted by Gasteiger charge is -2.19. The number of halogens is 2. The number of fused-ring (bicyclic) bond motifs is 1. The molecule has 0 fully saturated rings. The van der Waals surface area contributed by atoms with Gasteiger partial charge in [-0.3, -0.25) is 9.97 Å². The molecule has 1 N–H and O–H groups in total. The topological polar surface area (TPSA) is 59.9 Å². The van der Waals surface area contributed by atoms with Crippen LogP contribution >= 0.6 is 0 Å². The zero-order valence-corrected chi connectivity index (χ0v) is 18.5. The lowest BCUT2D eigenvalue weighted by atomic mass is 10.0. The Morgan fingerprint density at radius 2 is 1.65 bits per heavy atom. The average Bonchev–Trinajstić information content (AvgIpc) is 2.86. The van der Waals surface area contributed by atoms with Crippen molar-refractivity contribution in [3.8, 4) is 28.4 Å². The first kappa shape index (κ1) is 21.5.